The minimum Gasteiger partial charge on any atom is -0.383 e. The molecule has 8 heteroatoms. The van der Waals surface area contributed by atoms with Gasteiger partial charge in [0.05, 0.1) is 10.6 Å². The molecule has 1 N–H and O–H groups in total. The molecule has 0 radical (unpaired) electrons. The van der Waals surface area contributed by atoms with Crippen molar-refractivity contribution >= 4 is 11.6 Å². The van der Waals surface area contributed by atoms with Crippen LogP contribution in [0.3, 0.4) is 0 Å². The van der Waals surface area contributed by atoms with Crippen molar-refractivity contribution in [3.8, 4) is 22.6 Å². The number of aliphatic hydroxyl groups is 1. The lowest BCUT2D eigenvalue weighted by molar-refractivity contribution is 0.220. The maximum absolute atomic E-state index is 14.4. The van der Waals surface area contributed by atoms with Gasteiger partial charge in [0, 0.05) is 35.2 Å². The van der Waals surface area contributed by atoms with E-state index in [1.807, 2.05) is 0 Å². The van der Waals surface area contributed by atoms with Crippen LogP contribution in [0.1, 0.15) is 17.2 Å². The molecule has 0 saturated heterocycles. The topological polar surface area (TPSA) is 59.2 Å². The van der Waals surface area contributed by atoms with Crippen LogP contribution in [-0.2, 0) is 0 Å². The van der Waals surface area contributed by atoms with E-state index in [2.05, 4.69) is 10.1 Å². The molecule has 1 unspecified atom stereocenters. The molecular weight excluding hydrogens is 405 g/mol. The van der Waals surface area contributed by atoms with E-state index in [9.17, 15) is 18.3 Å². The van der Waals surface area contributed by atoms with Gasteiger partial charge >= 0.3 is 0 Å². The van der Waals surface area contributed by atoms with Crippen LogP contribution in [0.15, 0.2) is 65.4 Å². The average molecular weight is 417 g/mol. The molecule has 4 rings (SSSR count). The number of halogens is 4. The van der Waals surface area contributed by atoms with E-state index in [4.69, 9.17) is 16.1 Å². The first-order valence-electron chi connectivity index (χ1n) is 8.44. The fourth-order valence-corrected chi connectivity index (χ4v) is 3.25. The zero-order valence-electron chi connectivity index (χ0n) is 14.6. The summed E-state index contributed by atoms with van der Waals surface area (Å²) in [6.45, 7) is 0. The number of nitrogens with zero attached hydrogens (tertiary/aromatic N) is 2. The normalized spacial score (nSPS) is 12.2. The molecular formula is C21H12ClF3N2O2. The maximum Gasteiger partial charge on any atom is 0.175 e. The molecule has 4 aromatic rings. The summed E-state index contributed by atoms with van der Waals surface area (Å²) in [5.74, 6) is -2.16. The first-order valence-corrected chi connectivity index (χ1v) is 8.82. The molecule has 4 nitrogen and oxygen atoms in total. The van der Waals surface area contributed by atoms with Gasteiger partial charge in [-0.05, 0) is 36.4 Å². The monoisotopic (exact) mass is 416 g/mol. The van der Waals surface area contributed by atoms with Crippen LogP contribution in [0, 0.1) is 17.5 Å². The van der Waals surface area contributed by atoms with Gasteiger partial charge in [-0.2, -0.15) is 0 Å². The van der Waals surface area contributed by atoms with Crippen molar-refractivity contribution in [2.45, 2.75) is 6.10 Å². The second-order valence-corrected chi connectivity index (χ2v) is 6.62. The summed E-state index contributed by atoms with van der Waals surface area (Å²) in [6, 6.07) is 9.81. The highest BCUT2D eigenvalue weighted by atomic mass is 35.5. The largest absolute Gasteiger partial charge is 0.383 e. The Hall–Kier alpha value is -3.16. The molecule has 146 valence electrons. The Labute approximate surface area is 168 Å². The van der Waals surface area contributed by atoms with Crippen LogP contribution >= 0.6 is 11.6 Å². The van der Waals surface area contributed by atoms with Gasteiger partial charge in [-0.1, -0.05) is 22.8 Å². The molecule has 0 amide bonds. The van der Waals surface area contributed by atoms with Gasteiger partial charge in [0.1, 0.15) is 29.2 Å². The molecule has 1 atom stereocenters. The minimum atomic E-state index is -1.31. The van der Waals surface area contributed by atoms with Crippen molar-refractivity contribution < 1.29 is 22.8 Å². The van der Waals surface area contributed by atoms with E-state index in [-0.39, 0.29) is 33.2 Å². The van der Waals surface area contributed by atoms with Crippen LogP contribution in [0.5, 0.6) is 0 Å². The molecule has 29 heavy (non-hydrogen) atoms. The summed E-state index contributed by atoms with van der Waals surface area (Å²) >= 11 is 6.15. The van der Waals surface area contributed by atoms with Crippen molar-refractivity contribution in [3.63, 3.8) is 0 Å². The molecule has 2 heterocycles. The molecule has 0 bridgehead atoms. The fourth-order valence-electron chi connectivity index (χ4n) is 3.00. The Morgan fingerprint density at radius 2 is 1.69 bits per heavy atom. The van der Waals surface area contributed by atoms with E-state index >= 15 is 0 Å². The Balaban J connectivity index is 1.96. The third-order valence-electron chi connectivity index (χ3n) is 4.36. The Morgan fingerprint density at radius 1 is 0.966 bits per heavy atom. The van der Waals surface area contributed by atoms with Crippen LogP contribution in [0.2, 0.25) is 5.02 Å². The van der Waals surface area contributed by atoms with Crippen LogP contribution in [0.4, 0.5) is 13.2 Å². The molecule has 0 aliphatic heterocycles. The van der Waals surface area contributed by atoms with Crippen molar-refractivity contribution in [1.82, 2.24) is 10.1 Å². The summed E-state index contributed by atoms with van der Waals surface area (Å²) in [6.07, 6.45) is 1.64. The predicted molar refractivity (Wildman–Crippen MR) is 101 cm³/mol. The summed E-state index contributed by atoms with van der Waals surface area (Å²) in [5, 5.41) is 14.9. The lowest BCUT2D eigenvalue weighted by atomic mass is 9.94. The quantitative estimate of drug-likeness (QED) is 0.473. The van der Waals surface area contributed by atoms with Crippen LogP contribution in [0.25, 0.3) is 22.6 Å². The Morgan fingerprint density at radius 3 is 2.34 bits per heavy atom. The second-order valence-electron chi connectivity index (χ2n) is 6.21. The van der Waals surface area contributed by atoms with E-state index in [1.165, 1.54) is 30.6 Å². The lowest BCUT2D eigenvalue weighted by Gasteiger charge is -2.13. The molecule has 0 fully saturated rings. The van der Waals surface area contributed by atoms with Crippen molar-refractivity contribution in [1.29, 1.82) is 0 Å². The third kappa shape index (κ3) is 3.62. The van der Waals surface area contributed by atoms with Gasteiger partial charge in [-0.3, -0.25) is 4.98 Å². The molecule has 0 aliphatic rings. The van der Waals surface area contributed by atoms with Gasteiger partial charge in [-0.15, -0.1) is 0 Å². The minimum absolute atomic E-state index is 0.0203. The number of aromatic nitrogens is 2. The van der Waals surface area contributed by atoms with Crippen LogP contribution in [-0.4, -0.2) is 15.2 Å². The average Bonchev–Trinajstić information content (AvgIpc) is 3.12. The zero-order valence-corrected chi connectivity index (χ0v) is 15.4. The SMILES string of the molecule is OC(c1cccnc1)c1c(-c2ccc(F)cc2F)noc1-c1ccc(F)cc1Cl. The number of pyridine rings is 1. The molecule has 0 saturated carbocycles. The Kier molecular flexibility index (Phi) is 5.08. The molecule has 0 spiro atoms. The molecule has 2 aromatic heterocycles. The van der Waals surface area contributed by atoms with Crippen molar-refractivity contribution in [3.05, 3.63) is 94.5 Å². The first-order chi connectivity index (χ1) is 14.0. The number of benzene rings is 2. The van der Waals surface area contributed by atoms with E-state index in [0.29, 0.717) is 11.6 Å². The highest BCUT2D eigenvalue weighted by Gasteiger charge is 2.29. The highest BCUT2D eigenvalue weighted by Crippen LogP contribution is 2.41. The van der Waals surface area contributed by atoms with Gasteiger partial charge in [0.2, 0.25) is 0 Å². The second kappa shape index (κ2) is 7.69. The van der Waals surface area contributed by atoms with Crippen LogP contribution < -0.4 is 0 Å². The number of hydrogen-bond acceptors (Lipinski definition) is 4. The van der Waals surface area contributed by atoms with Crippen molar-refractivity contribution in [2.75, 3.05) is 0 Å². The van der Waals surface area contributed by atoms with Crippen molar-refractivity contribution in [2.24, 2.45) is 0 Å². The summed E-state index contributed by atoms with van der Waals surface area (Å²) in [5.41, 5.74) is 0.634. The molecule has 2 aromatic carbocycles. The van der Waals surface area contributed by atoms with E-state index in [0.717, 1.165) is 12.1 Å². The lowest BCUT2D eigenvalue weighted by Crippen LogP contribution is -2.03. The van der Waals surface area contributed by atoms with Gasteiger partial charge < -0.3 is 9.63 Å². The van der Waals surface area contributed by atoms with E-state index in [1.54, 1.807) is 12.1 Å². The summed E-state index contributed by atoms with van der Waals surface area (Å²) in [4.78, 5) is 3.97. The highest BCUT2D eigenvalue weighted by molar-refractivity contribution is 6.33. The number of aliphatic hydroxyl groups excluding tert-OH is 1. The first kappa shape index (κ1) is 19.2. The zero-order chi connectivity index (χ0) is 20.5. The summed E-state index contributed by atoms with van der Waals surface area (Å²) < 4.78 is 46.7. The van der Waals surface area contributed by atoms with Gasteiger partial charge in [-0.25, -0.2) is 13.2 Å². The predicted octanol–water partition coefficient (Wildman–Crippen LogP) is 5.56. The van der Waals surface area contributed by atoms with E-state index < -0.39 is 23.6 Å². The van der Waals surface area contributed by atoms with Gasteiger partial charge in [0.15, 0.2) is 5.76 Å². The summed E-state index contributed by atoms with van der Waals surface area (Å²) in [7, 11) is 0. The standard InChI is InChI=1S/C21H12ClF3N2O2/c22-16-8-12(23)3-5-14(16)21-18(20(28)11-2-1-7-26-10-11)19(27-29-21)15-6-4-13(24)9-17(15)25/h1-10,20,28H. The Bertz CT molecular complexity index is 1110. The third-order valence-corrected chi connectivity index (χ3v) is 4.68. The molecule has 0 aliphatic carbocycles. The number of rotatable bonds is 4. The fraction of sp³-hybridized carbons (Fsp3) is 0.0476. The van der Waals surface area contributed by atoms with Gasteiger partial charge in [0.25, 0.3) is 0 Å². The number of hydrogen-bond donors (Lipinski definition) is 1. The smallest absolute Gasteiger partial charge is 0.175 e. The maximum atomic E-state index is 14.4.